The number of halogens is 3. The fraction of sp³-hybridized carbons (Fsp3) is 0.304. The Morgan fingerprint density at radius 3 is 2.59 bits per heavy atom. The zero-order chi connectivity index (χ0) is 22.6. The predicted octanol–water partition coefficient (Wildman–Crippen LogP) is 4.99. The molecular weight excluding hydrogens is 417 g/mol. The summed E-state index contributed by atoms with van der Waals surface area (Å²) in [5.74, 6) is 1.91. The van der Waals surface area contributed by atoms with Crippen LogP contribution in [-0.2, 0) is 6.18 Å². The van der Waals surface area contributed by atoms with Gasteiger partial charge in [0.2, 0.25) is 11.9 Å². The third-order valence-electron chi connectivity index (χ3n) is 5.04. The molecule has 1 N–H and O–H groups in total. The standard InChI is InChI=1S/C23H23F3N6/c1-2-6-17-14-20(27-15-17)29-21-28-19(30-22(31-21)32-11-3-4-12-32)10-9-16-7-5-8-18(13-16)23(24,25)26/h2,5-10,13-14H,3-4,11-12,15H2,1H3,(H,27,28,29,30,31)/b6-2+,10-9+. The third-order valence-corrected chi connectivity index (χ3v) is 5.04. The van der Waals surface area contributed by atoms with E-state index >= 15 is 0 Å². The average molecular weight is 440 g/mol. The van der Waals surface area contributed by atoms with Crippen molar-refractivity contribution in [1.82, 2.24) is 15.0 Å². The number of aliphatic imine (C=N–C) groups is 1. The minimum Gasteiger partial charge on any atom is -0.341 e. The van der Waals surface area contributed by atoms with Crippen LogP contribution in [-0.4, -0.2) is 40.4 Å². The first kappa shape index (κ1) is 21.7. The molecule has 2 aliphatic rings. The van der Waals surface area contributed by atoms with Gasteiger partial charge < -0.3 is 10.2 Å². The lowest BCUT2D eigenvalue weighted by Gasteiger charge is -2.16. The summed E-state index contributed by atoms with van der Waals surface area (Å²) in [6, 6.07) is 5.13. The van der Waals surface area contributed by atoms with Gasteiger partial charge in [-0.05, 0) is 55.2 Å². The second-order valence-electron chi connectivity index (χ2n) is 7.51. The Hall–Kier alpha value is -3.49. The summed E-state index contributed by atoms with van der Waals surface area (Å²) in [4.78, 5) is 20.0. The quantitative estimate of drug-likeness (QED) is 0.710. The molecule has 0 unspecified atom stereocenters. The molecule has 1 aromatic heterocycles. The zero-order valence-electron chi connectivity index (χ0n) is 17.6. The van der Waals surface area contributed by atoms with Crippen LogP contribution in [0.4, 0.5) is 25.1 Å². The first-order chi connectivity index (χ1) is 15.4. The van der Waals surface area contributed by atoms with E-state index in [-0.39, 0.29) is 0 Å². The molecule has 0 saturated carbocycles. The SMILES string of the molecule is C/C=C/C1=CC(Nc2nc(/C=C/c3cccc(C(F)(F)F)c3)nc(N3CCCC3)n2)=NC1. The van der Waals surface area contributed by atoms with E-state index in [1.54, 1.807) is 18.2 Å². The second-order valence-corrected chi connectivity index (χ2v) is 7.51. The summed E-state index contributed by atoms with van der Waals surface area (Å²) in [5.41, 5.74) is 0.795. The molecular formula is C23H23F3N6. The third kappa shape index (κ3) is 5.40. The molecule has 0 atom stereocenters. The van der Waals surface area contributed by atoms with Gasteiger partial charge in [-0.15, -0.1) is 0 Å². The molecule has 32 heavy (non-hydrogen) atoms. The second kappa shape index (κ2) is 9.33. The van der Waals surface area contributed by atoms with Crippen molar-refractivity contribution in [3.8, 4) is 0 Å². The van der Waals surface area contributed by atoms with Gasteiger partial charge in [-0.1, -0.05) is 30.4 Å². The van der Waals surface area contributed by atoms with Crippen LogP contribution in [0.3, 0.4) is 0 Å². The van der Waals surface area contributed by atoms with E-state index in [1.165, 1.54) is 6.07 Å². The Morgan fingerprint density at radius 1 is 1.03 bits per heavy atom. The maximum atomic E-state index is 13.0. The van der Waals surface area contributed by atoms with Crippen LogP contribution in [0.25, 0.3) is 12.2 Å². The lowest BCUT2D eigenvalue weighted by molar-refractivity contribution is -0.137. The number of anilines is 2. The first-order valence-electron chi connectivity index (χ1n) is 10.4. The Kier molecular flexibility index (Phi) is 6.34. The lowest BCUT2D eigenvalue weighted by atomic mass is 10.1. The monoisotopic (exact) mass is 440 g/mol. The number of allylic oxidation sites excluding steroid dienone is 1. The number of amidine groups is 1. The zero-order valence-corrected chi connectivity index (χ0v) is 17.6. The van der Waals surface area contributed by atoms with Crippen molar-refractivity contribution in [2.75, 3.05) is 29.9 Å². The highest BCUT2D eigenvalue weighted by Gasteiger charge is 2.30. The van der Waals surface area contributed by atoms with E-state index < -0.39 is 11.7 Å². The maximum absolute atomic E-state index is 13.0. The van der Waals surface area contributed by atoms with Crippen LogP contribution < -0.4 is 10.2 Å². The molecule has 0 amide bonds. The normalized spacial score (nSPS) is 16.8. The van der Waals surface area contributed by atoms with Gasteiger partial charge in [0.05, 0.1) is 12.1 Å². The van der Waals surface area contributed by atoms with E-state index in [0.717, 1.165) is 43.6 Å². The van der Waals surface area contributed by atoms with Crippen molar-refractivity contribution in [1.29, 1.82) is 0 Å². The van der Waals surface area contributed by atoms with Crippen LogP contribution in [0.15, 0.2) is 53.1 Å². The van der Waals surface area contributed by atoms with E-state index in [2.05, 4.69) is 30.2 Å². The topological polar surface area (TPSA) is 66.3 Å². The van der Waals surface area contributed by atoms with E-state index in [0.29, 0.717) is 35.7 Å². The van der Waals surface area contributed by atoms with Gasteiger partial charge in [0.15, 0.2) is 5.82 Å². The fourth-order valence-electron chi connectivity index (χ4n) is 3.51. The van der Waals surface area contributed by atoms with Crippen LogP contribution in [0.5, 0.6) is 0 Å². The molecule has 1 fully saturated rings. The summed E-state index contributed by atoms with van der Waals surface area (Å²) < 4.78 is 39.0. The number of benzene rings is 1. The molecule has 166 valence electrons. The van der Waals surface area contributed by atoms with Crippen molar-refractivity contribution >= 4 is 29.9 Å². The number of nitrogens with zero attached hydrogens (tertiary/aromatic N) is 5. The van der Waals surface area contributed by atoms with Gasteiger partial charge in [-0.25, -0.2) is 0 Å². The number of nitrogens with one attached hydrogen (secondary N) is 1. The molecule has 2 aliphatic heterocycles. The van der Waals surface area contributed by atoms with Crippen LogP contribution in [0, 0.1) is 0 Å². The Balaban J connectivity index is 1.61. The summed E-state index contributed by atoms with van der Waals surface area (Å²) in [6.07, 6.45) is 6.77. The van der Waals surface area contributed by atoms with Crippen LogP contribution in [0.2, 0.25) is 0 Å². The molecule has 9 heteroatoms. The molecule has 6 nitrogen and oxygen atoms in total. The Bertz CT molecular complexity index is 1100. The number of hydrogen-bond acceptors (Lipinski definition) is 6. The first-order valence-corrected chi connectivity index (χ1v) is 10.4. The fourth-order valence-corrected chi connectivity index (χ4v) is 3.51. The molecule has 1 aromatic carbocycles. The summed E-state index contributed by atoms with van der Waals surface area (Å²) in [5, 5.41) is 3.13. The minimum absolute atomic E-state index is 0.349. The molecule has 3 heterocycles. The Morgan fingerprint density at radius 2 is 1.84 bits per heavy atom. The lowest BCUT2D eigenvalue weighted by Crippen LogP contribution is -2.22. The predicted molar refractivity (Wildman–Crippen MR) is 120 cm³/mol. The summed E-state index contributed by atoms with van der Waals surface area (Å²) >= 11 is 0. The highest BCUT2D eigenvalue weighted by Crippen LogP contribution is 2.30. The highest BCUT2D eigenvalue weighted by atomic mass is 19.4. The van der Waals surface area contributed by atoms with Crippen molar-refractivity contribution in [3.05, 3.63) is 65.0 Å². The Labute approximate surface area is 184 Å². The van der Waals surface area contributed by atoms with Gasteiger partial charge >= 0.3 is 6.18 Å². The number of rotatable bonds is 5. The largest absolute Gasteiger partial charge is 0.416 e. The number of aromatic nitrogens is 3. The summed E-state index contributed by atoms with van der Waals surface area (Å²) in [7, 11) is 0. The van der Waals surface area contributed by atoms with Crippen molar-refractivity contribution < 1.29 is 13.2 Å². The van der Waals surface area contributed by atoms with E-state index in [4.69, 9.17) is 0 Å². The number of alkyl halides is 3. The van der Waals surface area contributed by atoms with Crippen molar-refractivity contribution in [3.63, 3.8) is 0 Å². The molecule has 0 radical (unpaired) electrons. The molecule has 4 rings (SSSR count). The van der Waals surface area contributed by atoms with Gasteiger partial charge in [0.1, 0.15) is 5.84 Å². The van der Waals surface area contributed by atoms with E-state index in [1.807, 2.05) is 25.2 Å². The van der Waals surface area contributed by atoms with Crippen molar-refractivity contribution in [2.24, 2.45) is 4.99 Å². The highest BCUT2D eigenvalue weighted by molar-refractivity contribution is 6.05. The van der Waals surface area contributed by atoms with Crippen LogP contribution in [0.1, 0.15) is 36.7 Å². The molecule has 0 aliphatic carbocycles. The van der Waals surface area contributed by atoms with Crippen molar-refractivity contribution in [2.45, 2.75) is 25.9 Å². The minimum atomic E-state index is -4.39. The van der Waals surface area contributed by atoms with Gasteiger partial charge in [-0.2, -0.15) is 28.1 Å². The maximum Gasteiger partial charge on any atom is 0.416 e. The van der Waals surface area contributed by atoms with Gasteiger partial charge in [0.25, 0.3) is 0 Å². The van der Waals surface area contributed by atoms with E-state index in [9.17, 15) is 13.2 Å². The summed E-state index contributed by atoms with van der Waals surface area (Å²) in [6.45, 7) is 4.24. The molecule has 0 spiro atoms. The van der Waals surface area contributed by atoms with Gasteiger partial charge in [-0.3, -0.25) is 4.99 Å². The number of hydrogen-bond donors (Lipinski definition) is 1. The average Bonchev–Trinajstić information content (AvgIpc) is 3.45. The van der Waals surface area contributed by atoms with Gasteiger partial charge in [0, 0.05) is 13.1 Å². The molecule has 2 aromatic rings. The molecule has 0 bridgehead atoms. The van der Waals surface area contributed by atoms with Crippen LogP contribution >= 0.6 is 0 Å². The smallest absolute Gasteiger partial charge is 0.341 e. The molecule has 1 saturated heterocycles.